The molecule has 3 rings (SSSR count). The molecule has 12 heteroatoms. The molecule has 0 aromatic heterocycles. The Balaban J connectivity index is 0.00000507. The number of nitrogens with one attached hydrogen (secondary N) is 2. The molecule has 1 aliphatic rings. The van der Waals surface area contributed by atoms with Gasteiger partial charge >= 0.3 is 5.97 Å². The van der Waals surface area contributed by atoms with Gasteiger partial charge in [0, 0.05) is 31.5 Å². The summed E-state index contributed by atoms with van der Waals surface area (Å²) in [4.78, 5) is 13.3. The number of carboxylic acid groups (broad SMARTS) is 1. The smallest absolute Gasteiger partial charge is 0.320 e. The van der Waals surface area contributed by atoms with Gasteiger partial charge in [0.2, 0.25) is 10.0 Å². The second kappa shape index (κ2) is 13.3. The molecule has 0 atom stereocenters. The predicted molar refractivity (Wildman–Crippen MR) is 152 cm³/mol. The Bertz CT molecular complexity index is 1290. The highest BCUT2D eigenvalue weighted by atomic mass is 35.5. The number of nitrogens with zero attached hydrogens (tertiary/aromatic N) is 2. The van der Waals surface area contributed by atoms with E-state index in [1.807, 2.05) is 11.0 Å². The first kappa shape index (κ1) is 30.7. The van der Waals surface area contributed by atoms with Crippen LogP contribution in [0.3, 0.4) is 0 Å². The third kappa shape index (κ3) is 8.49. The van der Waals surface area contributed by atoms with Crippen molar-refractivity contribution < 1.29 is 23.1 Å². The van der Waals surface area contributed by atoms with Crippen molar-refractivity contribution in [3.8, 4) is 5.75 Å². The number of piperidine rings is 1. The molecule has 1 saturated heterocycles. The van der Waals surface area contributed by atoms with Crippen LogP contribution >= 0.6 is 12.4 Å². The van der Waals surface area contributed by atoms with Crippen LogP contribution in [0, 0.1) is 10.8 Å². The number of benzene rings is 2. The second-order valence-electron chi connectivity index (χ2n) is 9.07. The number of likely N-dealkylation sites (tertiary alicyclic amines) is 1. The maximum absolute atomic E-state index is 13.0. The number of amidine groups is 2. The van der Waals surface area contributed by atoms with Crippen LogP contribution in [-0.4, -0.2) is 67.6 Å². The van der Waals surface area contributed by atoms with E-state index in [4.69, 9.17) is 21.3 Å². The summed E-state index contributed by atoms with van der Waals surface area (Å²) in [6.07, 6.45) is 3.34. The molecular weight excluding hydrogens is 530 g/mol. The second-order valence-corrected chi connectivity index (χ2v) is 11.0. The molecule has 0 bridgehead atoms. The fourth-order valence-electron chi connectivity index (χ4n) is 4.13. The molecule has 0 unspecified atom stereocenters. The zero-order valence-electron chi connectivity index (χ0n) is 21.4. The Hall–Kier alpha value is -3.57. The van der Waals surface area contributed by atoms with E-state index in [2.05, 4.69) is 0 Å². The summed E-state index contributed by atoms with van der Waals surface area (Å²) >= 11 is 0. The molecule has 206 valence electrons. The molecule has 10 nitrogen and oxygen atoms in total. The molecule has 1 heterocycles. The average molecular weight is 564 g/mol. The minimum Gasteiger partial charge on any atom is -0.490 e. The van der Waals surface area contributed by atoms with Gasteiger partial charge in [-0.2, -0.15) is 0 Å². The number of nitrogens with two attached hydrogens (primary N) is 1. The van der Waals surface area contributed by atoms with Gasteiger partial charge < -0.3 is 20.5 Å². The van der Waals surface area contributed by atoms with E-state index in [0.29, 0.717) is 28.4 Å². The van der Waals surface area contributed by atoms with Crippen LogP contribution in [0.25, 0.3) is 6.08 Å². The number of aliphatic carboxylic acids is 1. The lowest BCUT2D eigenvalue weighted by molar-refractivity contribution is -0.134. The first-order valence-corrected chi connectivity index (χ1v) is 13.5. The summed E-state index contributed by atoms with van der Waals surface area (Å²) in [6.45, 7) is 4.97. The monoisotopic (exact) mass is 563 g/mol. The number of anilines is 1. The van der Waals surface area contributed by atoms with E-state index in [9.17, 15) is 18.3 Å². The highest BCUT2D eigenvalue weighted by Gasteiger charge is 2.26. The van der Waals surface area contributed by atoms with Gasteiger partial charge in [0.05, 0.1) is 18.1 Å². The van der Waals surface area contributed by atoms with Crippen molar-refractivity contribution in [3.05, 3.63) is 65.2 Å². The lowest BCUT2D eigenvalue weighted by Crippen LogP contribution is -2.40. The molecular formula is C26H34ClN5O5S. The van der Waals surface area contributed by atoms with Crippen molar-refractivity contribution in [3.63, 3.8) is 0 Å². The zero-order valence-corrected chi connectivity index (χ0v) is 23.0. The van der Waals surface area contributed by atoms with Crippen molar-refractivity contribution in [1.82, 2.24) is 4.90 Å². The minimum absolute atomic E-state index is 0. The molecule has 1 aliphatic heterocycles. The summed E-state index contributed by atoms with van der Waals surface area (Å²) in [5.41, 5.74) is 7.85. The number of hydrogen-bond acceptors (Lipinski definition) is 6. The summed E-state index contributed by atoms with van der Waals surface area (Å²) in [6, 6.07) is 13.6. The van der Waals surface area contributed by atoms with E-state index in [-0.39, 0.29) is 30.9 Å². The van der Waals surface area contributed by atoms with E-state index in [1.54, 1.807) is 62.4 Å². The number of nitrogen functional groups attached to an aromatic ring is 1. The molecule has 0 saturated carbocycles. The van der Waals surface area contributed by atoms with Gasteiger partial charge in [0.15, 0.2) is 5.75 Å². The van der Waals surface area contributed by atoms with E-state index >= 15 is 0 Å². The van der Waals surface area contributed by atoms with E-state index < -0.39 is 21.7 Å². The van der Waals surface area contributed by atoms with Crippen LogP contribution in [-0.2, 0) is 14.8 Å². The van der Waals surface area contributed by atoms with Gasteiger partial charge in [-0.05, 0) is 49.7 Å². The fraction of sp³-hybridized carbons (Fsp3) is 0.346. The quantitative estimate of drug-likeness (QED) is 0.254. The van der Waals surface area contributed by atoms with E-state index in [0.717, 1.165) is 35.8 Å². The molecule has 1 fully saturated rings. The van der Waals surface area contributed by atoms with Gasteiger partial charge in [0.25, 0.3) is 0 Å². The normalized spacial score (nSPS) is 14.4. The van der Waals surface area contributed by atoms with Crippen molar-refractivity contribution in [1.29, 1.82) is 10.8 Å². The lowest BCUT2D eigenvalue weighted by atomic mass is 10.1. The van der Waals surface area contributed by atoms with Crippen LogP contribution in [0.1, 0.15) is 37.8 Å². The van der Waals surface area contributed by atoms with Crippen LogP contribution in [0.2, 0.25) is 0 Å². The van der Waals surface area contributed by atoms with Crippen LogP contribution in [0.5, 0.6) is 5.75 Å². The highest BCUT2D eigenvalue weighted by Crippen LogP contribution is 2.26. The third-order valence-electron chi connectivity index (χ3n) is 5.99. The van der Waals surface area contributed by atoms with Gasteiger partial charge in [-0.1, -0.05) is 29.8 Å². The van der Waals surface area contributed by atoms with E-state index in [1.165, 1.54) is 0 Å². The number of rotatable bonds is 10. The molecule has 2 aromatic carbocycles. The Morgan fingerprint density at radius 2 is 1.79 bits per heavy atom. The average Bonchev–Trinajstić information content (AvgIpc) is 2.83. The molecule has 0 amide bonds. The third-order valence-corrected chi connectivity index (χ3v) is 7.61. The highest BCUT2D eigenvalue weighted by molar-refractivity contribution is 7.93. The Kier molecular flexibility index (Phi) is 10.7. The number of carboxylic acids is 1. The summed E-state index contributed by atoms with van der Waals surface area (Å²) < 4.78 is 33.1. The van der Waals surface area contributed by atoms with Gasteiger partial charge in [-0.15, -0.1) is 12.4 Å². The molecule has 0 aliphatic carbocycles. The first-order valence-electron chi connectivity index (χ1n) is 11.9. The maximum Gasteiger partial charge on any atom is 0.320 e. The molecule has 38 heavy (non-hydrogen) atoms. The fourth-order valence-corrected chi connectivity index (χ4v) is 5.44. The largest absolute Gasteiger partial charge is 0.490 e. The minimum atomic E-state index is -4.17. The first-order chi connectivity index (χ1) is 17.4. The van der Waals surface area contributed by atoms with Gasteiger partial charge in [-0.3, -0.25) is 19.9 Å². The number of ether oxygens (including phenoxy) is 1. The summed E-state index contributed by atoms with van der Waals surface area (Å²) in [7, 11) is -4.17. The summed E-state index contributed by atoms with van der Waals surface area (Å²) in [5.74, 6) is -1.41. The molecule has 2 aromatic rings. The number of carbonyl (C=O) groups is 1. The van der Waals surface area contributed by atoms with Gasteiger partial charge in [-0.25, -0.2) is 8.42 Å². The lowest BCUT2D eigenvalue weighted by Gasteiger charge is -2.33. The van der Waals surface area contributed by atoms with Crippen molar-refractivity contribution in [2.24, 2.45) is 5.73 Å². The van der Waals surface area contributed by atoms with Crippen molar-refractivity contribution in [2.45, 2.75) is 32.8 Å². The Morgan fingerprint density at radius 1 is 1.16 bits per heavy atom. The maximum atomic E-state index is 13.0. The van der Waals surface area contributed by atoms with Crippen molar-refractivity contribution >= 4 is 51.8 Å². The van der Waals surface area contributed by atoms with Crippen molar-refractivity contribution in [2.75, 3.05) is 29.7 Å². The van der Waals surface area contributed by atoms with Gasteiger partial charge in [0.1, 0.15) is 17.7 Å². The topological polar surface area (TPSA) is 161 Å². The summed E-state index contributed by atoms with van der Waals surface area (Å²) in [5, 5.41) is 24.5. The predicted octanol–water partition coefficient (Wildman–Crippen LogP) is 3.56. The zero-order chi connectivity index (χ0) is 27.2. The Morgan fingerprint density at radius 3 is 2.34 bits per heavy atom. The molecule has 0 spiro atoms. The molecule has 5 N–H and O–H groups in total. The standard InChI is InChI=1S/C26H33N5O5S.ClH/c1-18(14-20-4-3-5-21(15-20)26(28)29)16-31(37(34,35)17-25(32)33)22-6-8-23(9-7-22)36-24-10-12-30(13-11-24)19(2)27;/h3-9,14-15,24,27H,10-13,16-17H2,1-2H3,(H3,28,29)(H,32,33);1H. The van der Waals surface area contributed by atoms with Crippen LogP contribution in [0.4, 0.5) is 5.69 Å². The van der Waals surface area contributed by atoms with Crippen LogP contribution < -0.4 is 14.8 Å². The Labute approximate surface area is 229 Å². The molecule has 0 radical (unpaired) electrons. The SMILES string of the molecule is CC(=N)N1CCC(Oc2ccc(N(CC(C)=Cc3cccc(C(=N)N)c3)S(=O)(=O)CC(=O)O)cc2)CC1.Cl. The van der Waals surface area contributed by atoms with Crippen LogP contribution in [0.15, 0.2) is 54.1 Å². The number of sulfonamides is 1. The number of halogens is 1. The number of hydrogen-bond donors (Lipinski definition) is 4.